The number of pyridine rings is 1. The van der Waals surface area contributed by atoms with Crippen LogP contribution in [0.3, 0.4) is 0 Å². The lowest BCUT2D eigenvalue weighted by molar-refractivity contribution is -0.0240. The van der Waals surface area contributed by atoms with Crippen LogP contribution in [0.4, 0.5) is 10.5 Å². The number of halogens is 1. The predicted molar refractivity (Wildman–Crippen MR) is 153 cm³/mol. The van der Waals surface area contributed by atoms with Crippen LogP contribution < -0.4 is 4.90 Å². The molecule has 1 saturated heterocycles. The molecule has 2 aliphatic rings. The molecule has 1 fully saturated rings. The molecule has 0 spiro atoms. The van der Waals surface area contributed by atoms with Crippen LogP contribution in [0.25, 0.3) is 21.3 Å². The van der Waals surface area contributed by atoms with Gasteiger partial charge in [0.1, 0.15) is 5.60 Å². The minimum absolute atomic E-state index is 0.00610. The van der Waals surface area contributed by atoms with Crippen molar-refractivity contribution in [3.8, 4) is 11.1 Å². The number of aryl methyl sites for hydroxylation is 1. The third-order valence-corrected chi connectivity index (χ3v) is 8.72. The molecule has 3 aromatic rings. The number of amides is 1. The summed E-state index contributed by atoms with van der Waals surface area (Å²) in [4.78, 5) is 22.7. The number of hydrogen-bond acceptors (Lipinski definition) is 7. The van der Waals surface area contributed by atoms with Crippen molar-refractivity contribution >= 4 is 44.9 Å². The Morgan fingerprint density at radius 1 is 1.21 bits per heavy atom. The van der Waals surface area contributed by atoms with Crippen molar-refractivity contribution in [2.45, 2.75) is 83.8 Å². The highest BCUT2D eigenvalue weighted by molar-refractivity contribution is 7.19. The lowest BCUT2D eigenvalue weighted by Gasteiger charge is -2.38. The Balaban J connectivity index is 1.58. The zero-order chi connectivity index (χ0) is 27.4. The van der Waals surface area contributed by atoms with Crippen molar-refractivity contribution in [3.63, 3.8) is 0 Å². The number of aliphatic hydroxyl groups is 2. The summed E-state index contributed by atoms with van der Waals surface area (Å²) in [5.41, 5.74) is 3.51. The molecule has 0 bridgehead atoms. The molecule has 4 heterocycles. The SMILES string of the molecule is CC(C)(C)OC(=O)N1C[C@@H](N2CCCc3cc(Cl)cc(-c4ccnc5cc(CO)sc45)c32)C[C@@H]1C(C)(C)O. The van der Waals surface area contributed by atoms with Gasteiger partial charge < -0.3 is 24.7 Å². The summed E-state index contributed by atoms with van der Waals surface area (Å²) < 4.78 is 6.75. The van der Waals surface area contributed by atoms with Crippen LogP contribution in [0.2, 0.25) is 5.02 Å². The molecule has 9 heteroatoms. The highest BCUT2D eigenvalue weighted by Gasteiger charge is 2.47. The van der Waals surface area contributed by atoms with Crippen LogP contribution in [0.1, 0.15) is 57.9 Å². The summed E-state index contributed by atoms with van der Waals surface area (Å²) in [6.45, 7) is 10.4. The first-order chi connectivity index (χ1) is 17.9. The van der Waals surface area contributed by atoms with Crippen LogP contribution in [0.5, 0.6) is 0 Å². The highest BCUT2D eigenvalue weighted by Crippen LogP contribution is 2.45. The number of fused-ring (bicyclic) bond motifs is 2. The first-order valence-corrected chi connectivity index (χ1v) is 14.3. The molecule has 5 rings (SSSR count). The Labute approximate surface area is 233 Å². The van der Waals surface area contributed by atoms with Gasteiger partial charge in [0.05, 0.1) is 28.5 Å². The Morgan fingerprint density at radius 3 is 2.66 bits per heavy atom. The summed E-state index contributed by atoms with van der Waals surface area (Å²) in [6, 6.07) is 7.64. The summed E-state index contributed by atoms with van der Waals surface area (Å²) >= 11 is 8.20. The number of hydrogen-bond donors (Lipinski definition) is 2. The number of benzene rings is 1. The molecule has 2 aromatic heterocycles. The molecular weight excluding hydrogens is 522 g/mol. The minimum atomic E-state index is -1.08. The standard InChI is InChI=1S/C29H36ClN3O4S/c1-28(2,3)37-27(35)33-15-19(13-24(33)29(4,5)36)32-10-6-7-17-11-18(30)12-22(25(17)32)21-8-9-31-23-14-20(16-34)38-26(21)23/h8-9,11-12,14,19,24,34,36H,6-7,10,13,15-16H2,1-5H3/t19-,24+/m0/s1. The minimum Gasteiger partial charge on any atom is -0.444 e. The molecule has 38 heavy (non-hydrogen) atoms. The second kappa shape index (κ2) is 9.97. The number of aliphatic hydroxyl groups excluding tert-OH is 1. The monoisotopic (exact) mass is 557 g/mol. The van der Waals surface area contributed by atoms with Gasteiger partial charge in [0.25, 0.3) is 0 Å². The molecule has 0 unspecified atom stereocenters. The number of likely N-dealkylation sites (tertiary alicyclic amines) is 1. The molecule has 204 valence electrons. The number of nitrogens with zero attached hydrogens (tertiary/aromatic N) is 3. The van der Waals surface area contributed by atoms with Crippen LogP contribution in [0, 0.1) is 0 Å². The average molecular weight is 558 g/mol. The summed E-state index contributed by atoms with van der Waals surface area (Å²) in [7, 11) is 0. The van der Waals surface area contributed by atoms with Crippen molar-refractivity contribution in [3.05, 3.63) is 45.9 Å². The highest BCUT2D eigenvalue weighted by atomic mass is 35.5. The van der Waals surface area contributed by atoms with Crippen LogP contribution >= 0.6 is 22.9 Å². The zero-order valence-corrected chi connectivity index (χ0v) is 24.2. The number of carbonyl (C=O) groups excluding carboxylic acids is 1. The number of rotatable bonds is 4. The van der Waals surface area contributed by atoms with Gasteiger partial charge in [-0.25, -0.2) is 4.79 Å². The van der Waals surface area contributed by atoms with Gasteiger partial charge in [-0.3, -0.25) is 4.98 Å². The van der Waals surface area contributed by atoms with Crippen molar-refractivity contribution in [1.82, 2.24) is 9.88 Å². The largest absolute Gasteiger partial charge is 0.444 e. The van der Waals surface area contributed by atoms with Crippen molar-refractivity contribution < 1.29 is 19.7 Å². The fourth-order valence-electron chi connectivity index (χ4n) is 5.82. The first kappa shape index (κ1) is 27.2. The molecule has 7 nitrogen and oxygen atoms in total. The van der Waals surface area contributed by atoms with E-state index in [4.69, 9.17) is 16.3 Å². The van der Waals surface area contributed by atoms with Gasteiger partial charge in [0.2, 0.25) is 0 Å². The second-order valence-electron chi connectivity index (χ2n) is 11.9. The maximum absolute atomic E-state index is 13.2. The van der Waals surface area contributed by atoms with E-state index in [-0.39, 0.29) is 18.7 Å². The summed E-state index contributed by atoms with van der Waals surface area (Å²) in [5, 5.41) is 21.5. The van der Waals surface area contributed by atoms with Crippen LogP contribution in [0.15, 0.2) is 30.5 Å². The molecule has 2 aliphatic heterocycles. The number of ether oxygens (including phenoxy) is 1. The van der Waals surface area contributed by atoms with E-state index in [2.05, 4.69) is 9.88 Å². The third-order valence-electron chi connectivity index (χ3n) is 7.36. The first-order valence-electron chi connectivity index (χ1n) is 13.2. The topological polar surface area (TPSA) is 86.1 Å². The summed E-state index contributed by atoms with van der Waals surface area (Å²) in [5.74, 6) is 0. The number of thiophene rings is 1. The molecule has 0 aliphatic carbocycles. The van der Waals surface area contributed by atoms with E-state index in [1.54, 1.807) is 36.3 Å². The van der Waals surface area contributed by atoms with Crippen LogP contribution in [-0.4, -0.2) is 62.6 Å². The fourth-order valence-corrected chi connectivity index (χ4v) is 7.06. The van der Waals surface area contributed by atoms with E-state index in [0.717, 1.165) is 51.3 Å². The van der Waals surface area contributed by atoms with E-state index in [9.17, 15) is 15.0 Å². The lowest BCUT2D eigenvalue weighted by Crippen LogP contribution is -2.49. The third kappa shape index (κ3) is 5.24. The predicted octanol–water partition coefficient (Wildman–Crippen LogP) is 6.01. The summed E-state index contributed by atoms with van der Waals surface area (Å²) in [6.07, 6.45) is 3.92. The normalized spacial score (nSPS) is 20.2. The molecule has 2 N–H and O–H groups in total. The van der Waals surface area contributed by atoms with E-state index >= 15 is 0 Å². The van der Waals surface area contributed by atoms with Gasteiger partial charge in [-0.15, -0.1) is 11.3 Å². The van der Waals surface area contributed by atoms with E-state index in [0.29, 0.717) is 18.0 Å². The number of anilines is 1. The van der Waals surface area contributed by atoms with E-state index in [1.165, 1.54) is 5.56 Å². The molecular formula is C29H36ClN3O4S. The lowest BCUT2D eigenvalue weighted by atomic mass is 9.91. The van der Waals surface area contributed by atoms with Gasteiger partial charge in [-0.1, -0.05) is 11.6 Å². The van der Waals surface area contributed by atoms with Gasteiger partial charge in [0.15, 0.2) is 0 Å². The van der Waals surface area contributed by atoms with Crippen molar-refractivity contribution in [1.29, 1.82) is 0 Å². The molecule has 0 saturated carbocycles. The van der Waals surface area contributed by atoms with Crippen molar-refractivity contribution in [2.75, 3.05) is 18.0 Å². The zero-order valence-electron chi connectivity index (χ0n) is 22.6. The Bertz CT molecular complexity index is 1360. The second-order valence-corrected chi connectivity index (χ2v) is 13.5. The number of carbonyl (C=O) groups is 1. The Kier molecular flexibility index (Phi) is 7.14. The maximum Gasteiger partial charge on any atom is 0.410 e. The van der Waals surface area contributed by atoms with Gasteiger partial charge in [-0.2, -0.15) is 0 Å². The average Bonchev–Trinajstić information content (AvgIpc) is 3.46. The molecule has 2 atom stereocenters. The quantitative estimate of drug-likeness (QED) is 0.408. The van der Waals surface area contributed by atoms with Crippen LogP contribution in [-0.2, 0) is 17.8 Å². The Morgan fingerprint density at radius 2 is 1.97 bits per heavy atom. The maximum atomic E-state index is 13.2. The van der Waals surface area contributed by atoms with E-state index in [1.807, 2.05) is 45.0 Å². The van der Waals surface area contributed by atoms with Crippen molar-refractivity contribution in [2.24, 2.45) is 0 Å². The number of aromatic nitrogens is 1. The molecule has 0 radical (unpaired) electrons. The molecule has 1 amide bonds. The van der Waals surface area contributed by atoms with Gasteiger partial charge in [-0.05, 0) is 83.7 Å². The fraction of sp³-hybridized carbons (Fsp3) is 0.517. The van der Waals surface area contributed by atoms with Gasteiger partial charge >= 0.3 is 6.09 Å². The Hall–Kier alpha value is -2.39. The van der Waals surface area contributed by atoms with E-state index < -0.39 is 17.3 Å². The smallest absolute Gasteiger partial charge is 0.410 e. The molecule has 1 aromatic carbocycles. The van der Waals surface area contributed by atoms with Gasteiger partial charge in [0, 0.05) is 52.0 Å².